The van der Waals surface area contributed by atoms with Crippen LogP contribution in [0.3, 0.4) is 0 Å². The first-order chi connectivity index (χ1) is 11.0. The van der Waals surface area contributed by atoms with Crippen LogP contribution in [0.2, 0.25) is 0 Å². The van der Waals surface area contributed by atoms with Gasteiger partial charge in [-0.25, -0.2) is 0 Å². The minimum atomic E-state index is -3.02. The minimum Gasteiger partial charge on any atom is -0.493 e. The average Bonchev–Trinajstić information content (AvgIpc) is 2.77. The molecule has 8 heteroatoms. The number of nitrogens with zero attached hydrogens (tertiary/aromatic N) is 2. The first-order valence-electron chi connectivity index (χ1n) is 6.37. The monoisotopic (exact) mass is 338 g/mol. The second-order valence-electron chi connectivity index (χ2n) is 4.34. The van der Waals surface area contributed by atoms with Crippen LogP contribution in [0.15, 0.2) is 23.0 Å². The summed E-state index contributed by atoms with van der Waals surface area (Å²) in [7, 11) is 2.86. The Kier molecular flexibility index (Phi) is 5.13. The van der Waals surface area contributed by atoms with Gasteiger partial charge in [-0.2, -0.15) is 14.0 Å². The summed E-state index contributed by atoms with van der Waals surface area (Å²) < 4.78 is 36.8. The van der Waals surface area contributed by atoms with Crippen molar-refractivity contribution in [2.45, 2.75) is 6.61 Å². The molecule has 2 aromatic rings. The molecular formula is C15H12F2N2O3S. The standard InChI is InChI=1S/C15H12F2N2O3S/c1-19-12(6-7-18)23-11(14(19)20)8-9-4-3-5-10(21-2)13(9)22-15(16)17/h3-6,8,15H,1-2H3/b11-8-,12-6-. The topological polar surface area (TPSA) is 64.2 Å². The number of aromatic nitrogens is 1. The molecule has 0 aliphatic rings. The fourth-order valence-corrected chi connectivity index (χ4v) is 2.89. The van der Waals surface area contributed by atoms with Crippen LogP contribution in [0.5, 0.6) is 11.5 Å². The van der Waals surface area contributed by atoms with Gasteiger partial charge in [-0.15, -0.1) is 11.3 Å². The van der Waals surface area contributed by atoms with Gasteiger partial charge >= 0.3 is 6.61 Å². The Morgan fingerprint density at radius 1 is 1.43 bits per heavy atom. The van der Waals surface area contributed by atoms with Crippen LogP contribution in [0, 0.1) is 11.3 Å². The molecule has 0 amide bonds. The molecule has 0 aliphatic heterocycles. The number of hydrogen-bond donors (Lipinski definition) is 0. The maximum absolute atomic E-state index is 12.6. The number of rotatable bonds is 4. The van der Waals surface area contributed by atoms with E-state index in [9.17, 15) is 13.6 Å². The number of para-hydroxylation sites is 1. The summed E-state index contributed by atoms with van der Waals surface area (Å²) in [6, 6.07) is 6.47. The molecule has 120 valence electrons. The largest absolute Gasteiger partial charge is 0.493 e. The zero-order valence-corrected chi connectivity index (χ0v) is 13.1. The third kappa shape index (κ3) is 3.57. The second-order valence-corrected chi connectivity index (χ2v) is 5.41. The zero-order valence-electron chi connectivity index (χ0n) is 12.2. The summed E-state index contributed by atoms with van der Waals surface area (Å²) in [6.45, 7) is -3.02. The highest BCUT2D eigenvalue weighted by atomic mass is 32.1. The van der Waals surface area contributed by atoms with Gasteiger partial charge in [-0.3, -0.25) is 4.79 Å². The maximum Gasteiger partial charge on any atom is 0.387 e. The van der Waals surface area contributed by atoms with Gasteiger partial charge in [-0.05, 0) is 12.1 Å². The molecule has 0 saturated heterocycles. The van der Waals surface area contributed by atoms with E-state index in [1.807, 2.05) is 6.07 Å². The van der Waals surface area contributed by atoms with Crippen molar-refractivity contribution in [2.24, 2.45) is 7.05 Å². The third-order valence-electron chi connectivity index (χ3n) is 2.97. The molecule has 1 heterocycles. The van der Waals surface area contributed by atoms with Crippen LogP contribution < -0.4 is 24.2 Å². The summed E-state index contributed by atoms with van der Waals surface area (Å²) in [6.07, 6.45) is 2.67. The van der Waals surface area contributed by atoms with Gasteiger partial charge in [0, 0.05) is 18.7 Å². The molecule has 1 aromatic carbocycles. The lowest BCUT2D eigenvalue weighted by atomic mass is 10.2. The van der Waals surface area contributed by atoms with Crippen molar-refractivity contribution in [1.82, 2.24) is 4.57 Å². The van der Waals surface area contributed by atoms with Crippen molar-refractivity contribution < 1.29 is 18.3 Å². The van der Waals surface area contributed by atoms with Crippen LogP contribution in [0.4, 0.5) is 8.78 Å². The van der Waals surface area contributed by atoms with Crippen molar-refractivity contribution in [2.75, 3.05) is 7.11 Å². The fourth-order valence-electron chi connectivity index (χ4n) is 1.93. The summed E-state index contributed by atoms with van der Waals surface area (Å²) in [5.74, 6) is -0.0116. The van der Waals surface area contributed by atoms with Crippen LogP contribution in [-0.4, -0.2) is 18.3 Å². The molecule has 0 fully saturated rings. The van der Waals surface area contributed by atoms with E-state index >= 15 is 0 Å². The number of nitriles is 1. The predicted octanol–water partition coefficient (Wildman–Crippen LogP) is 1.19. The van der Waals surface area contributed by atoms with E-state index in [1.165, 1.54) is 43.0 Å². The Bertz CT molecular complexity index is 926. The van der Waals surface area contributed by atoms with Crippen LogP contribution in [0.25, 0.3) is 12.2 Å². The number of methoxy groups -OCH3 is 1. The highest BCUT2D eigenvalue weighted by Gasteiger charge is 2.14. The van der Waals surface area contributed by atoms with Gasteiger partial charge in [0.1, 0.15) is 4.66 Å². The van der Waals surface area contributed by atoms with E-state index in [-0.39, 0.29) is 22.6 Å². The summed E-state index contributed by atoms with van der Waals surface area (Å²) in [5.41, 5.74) is -0.0468. The zero-order chi connectivity index (χ0) is 17.0. The number of hydrogen-bond acceptors (Lipinski definition) is 5. The lowest BCUT2D eigenvalue weighted by molar-refractivity contribution is -0.0513. The first kappa shape index (κ1) is 16.7. The molecule has 0 radical (unpaired) electrons. The van der Waals surface area contributed by atoms with Crippen molar-refractivity contribution in [1.29, 1.82) is 5.26 Å². The fraction of sp³-hybridized carbons (Fsp3) is 0.200. The molecule has 0 N–H and O–H groups in total. The Labute approximate surface area is 133 Å². The van der Waals surface area contributed by atoms with Gasteiger partial charge in [0.05, 0.1) is 17.7 Å². The van der Waals surface area contributed by atoms with E-state index in [0.717, 1.165) is 11.3 Å². The van der Waals surface area contributed by atoms with Crippen molar-refractivity contribution in [3.05, 3.63) is 43.3 Å². The quantitative estimate of drug-likeness (QED) is 0.840. The molecule has 0 saturated carbocycles. The molecule has 0 atom stereocenters. The van der Waals surface area contributed by atoms with E-state index in [0.29, 0.717) is 9.20 Å². The van der Waals surface area contributed by atoms with Crippen molar-refractivity contribution in [3.63, 3.8) is 0 Å². The molecule has 0 unspecified atom stereocenters. The molecule has 23 heavy (non-hydrogen) atoms. The highest BCUT2D eigenvalue weighted by Crippen LogP contribution is 2.32. The molecule has 5 nitrogen and oxygen atoms in total. The van der Waals surface area contributed by atoms with Gasteiger partial charge < -0.3 is 14.0 Å². The highest BCUT2D eigenvalue weighted by molar-refractivity contribution is 7.07. The van der Waals surface area contributed by atoms with Crippen LogP contribution in [0.1, 0.15) is 5.56 Å². The number of halogens is 2. The van der Waals surface area contributed by atoms with E-state index in [1.54, 1.807) is 6.07 Å². The van der Waals surface area contributed by atoms with E-state index in [4.69, 9.17) is 10.00 Å². The minimum absolute atomic E-state index is 0.135. The summed E-state index contributed by atoms with van der Waals surface area (Å²) in [5, 5.41) is 8.70. The first-order valence-corrected chi connectivity index (χ1v) is 7.18. The Balaban J connectivity index is 2.70. The molecule has 2 rings (SSSR count). The number of thiazole rings is 1. The van der Waals surface area contributed by atoms with E-state index in [2.05, 4.69) is 4.74 Å². The molecule has 0 aliphatic carbocycles. The molecule has 0 bridgehead atoms. The SMILES string of the molecule is COc1cccc(/C=c2\s/c(=C\C#N)n(C)c2=O)c1OC(F)F. The van der Waals surface area contributed by atoms with Crippen LogP contribution >= 0.6 is 11.3 Å². The molecule has 1 aromatic heterocycles. The van der Waals surface area contributed by atoms with Gasteiger partial charge in [0.15, 0.2) is 11.5 Å². The second kappa shape index (κ2) is 7.07. The molecule has 0 spiro atoms. The normalized spacial score (nSPS) is 12.5. The number of benzene rings is 1. The summed E-state index contributed by atoms with van der Waals surface area (Å²) >= 11 is 1.08. The molecular weight excluding hydrogens is 326 g/mol. The van der Waals surface area contributed by atoms with Gasteiger partial charge in [0.2, 0.25) is 0 Å². The number of alkyl halides is 2. The number of ether oxygens (including phenoxy) is 2. The van der Waals surface area contributed by atoms with Crippen molar-refractivity contribution >= 4 is 23.5 Å². The Morgan fingerprint density at radius 3 is 2.78 bits per heavy atom. The maximum atomic E-state index is 12.6. The summed E-state index contributed by atoms with van der Waals surface area (Å²) in [4.78, 5) is 12.1. The smallest absolute Gasteiger partial charge is 0.387 e. The predicted molar refractivity (Wildman–Crippen MR) is 82.1 cm³/mol. The lowest BCUT2D eigenvalue weighted by Crippen LogP contribution is -2.28. The Morgan fingerprint density at radius 2 is 2.17 bits per heavy atom. The van der Waals surface area contributed by atoms with Gasteiger partial charge in [-0.1, -0.05) is 12.1 Å². The van der Waals surface area contributed by atoms with Crippen molar-refractivity contribution in [3.8, 4) is 17.6 Å². The van der Waals surface area contributed by atoms with Gasteiger partial charge in [0.25, 0.3) is 5.56 Å². The average molecular weight is 338 g/mol. The lowest BCUT2D eigenvalue weighted by Gasteiger charge is -2.12. The van der Waals surface area contributed by atoms with Crippen LogP contribution in [-0.2, 0) is 7.05 Å². The third-order valence-corrected chi connectivity index (χ3v) is 4.08. The Hall–Kier alpha value is -2.66. The van der Waals surface area contributed by atoms with E-state index < -0.39 is 6.61 Å².